The average molecular weight is 562 g/mol. The van der Waals surface area contributed by atoms with Gasteiger partial charge in [0.1, 0.15) is 6.04 Å². The van der Waals surface area contributed by atoms with Crippen LogP contribution >= 0.6 is 23.2 Å². The molecular formula is C27H34BCl2N3O5. The zero-order chi connectivity index (χ0) is 27.9. The predicted molar refractivity (Wildman–Crippen MR) is 148 cm³/mol. The lowest BCUT2D eigenvalue weighted by molar-refractivity contribution is -0.134. The Morgan fingerprint density at radius 2 is 1.61 bits per heavy atom. The summed E-state index contributed by atoms with van der Waals surface area (Å²) in [6.07, 6.45) is 3.13. The monoisotopic (exact) mass is 561 g/mol. The fraction of sp³-hybridized carbons (Fsp3) is 0.444. The molecule has 1 saturated carbocycles. The molecular weight excluding hydrogens is 528 g/mol. The molecule has 11 heteroatoms. The molecule has 8 nitrogen and oxygen atoms in total. The molecule has 0 bridgehead atoms. The van der Waals surface area contributed by atoms with Gasteiger partial charge in [0, 0.05) is 21.9 Å². The average Bonchev–Trinajstić information content (AvgIpc) is 2.80. The summed E-state index contributed by atoms with van der Waals surface area (Å²) in [6, 6.07) is 13.3. The molecule has 3 amide bonds. The van der Waals surface area contributed by atoms with Crippen LogP contribution < -0.4 is 16.0 Å². The van der Waals surface area contributed by atoms with Crippen LogP contribution in [0.3, 0.4) is 0 Å². The number of hydrogen-bond donors (Lipinski definition) is 5. The summed E-state index contributed by atoms with van der Waals surface area (Å²) in [7, 11) is -1.68. The van der Waals surface area contributed by atoms with Crippen molar-refractivity contribution in [3.05, 3.63) is 69.7 Å². The van der Waals surface area contributed by atoms with Gasteiger partial charge in [0.15, 0.2) is 0 Å². The Bertz CT molecular complexity index is 1140. The summed E-state index contributed by atoms with van der Waals surface area (Å²) in [6.45, 7) is 3.19. The van der Waals surface area contributed by atoms with Gasteiger partial charge >= 0.3 is 7.12 Å². The number of carbonyl (C=O) groups is 3. The highest BCUT2D eigenvalue weighted by atomic mass is 35.5. The zero-order valence-electron chi connectivity index (χ0n) is 21.5. The predicted octanol–water partition coefficient (Wildman–Crippen LogP) is 2.70. The molecule has 0 saturated heterocycles. The number of hydrogen-bond acceptors (Lipinski definition) is 5. The van der Waals surface area contributed by atoms with Crippen LogP contribution in [-0.4, -0.2) is 53.4 Å². The Labute approximate surface area is 233 Å². The largest absolute Gasteiger partial charge is 0.475 e. The fourth-order valence-electron chi connectivity index (χ4n) is 4.46. The molecule has 1 fully saturated rings. The molecule has 204 valence electrons. The fourth-order valence-corrected chi connectivity index (χ4v) is 4.89. The second-order valence-electron chi connectivity index (χ2n) is 10.5. The summed E-state index contributed by atoms with van der Waals surface area (Å²) >= 11 is 12.2. The molecule has 2 aromatic carbocycles. The van der Waals surface area contributed by atoms with Crippen molar-refractivity contribution in [3.63, 3.8) is 0 Å². The number of amides is 3. The second kappa shape index (κ2) is 13.5. The van der Waals surface area contributed by atoms with Crippen molar-refractivity contribution >= 4 is 48.0 Å². The van der Waals surface area contributed by atoms with Crippen molar-refractivity contribution in [1.29, 1.82) is 0 Å². The van der Waals surface area contributed by atoms with Crippen LogP contribution in [0.15, 0.2) is 48.5 Å². The normalized spacial score (nSPS) is 15.1. The maximum Gasteiger partial charge on any atom is 0.475 e. The molecule has 1 aliphatic rings. The van der Waals surface area contributed by atoms with Gasteiger partial charge in [0.25, 0.3) is 0 Å². The van der Waals surface area contributed by atoms with E-state index in [-0.39, 0.29) is 24.8 Å². The van der Waals surface area contributed by atoms with Crippen molar-refractivity contribution in [2.24, 2.45) is 11.3 Å². The van der Waals surface area contributed by atoms with E-state index in [2.05, 4.69) is 16.0 Å². The maximum absolute atomic E-state index is 13.3. The van der Waals surface area contributed by atoms with Crippen molar-refractivity contribution in [2.45, 2.75) is 57.9 Å². The van der Waals surface area contributed by atoms with Gasteiger partial charge in [0.2, 0.25) is 17.7 Å². The van der Waals surface area contributed by atoms with E-state index in [1.165, 1.54) is 0 Å². The van der Waals surface area contributed by atoms with Crippen LogP contribution in [0.2, 0.25) is 10.0 Å². The summed E-state index contributed by atoms with van der Waals surface area (Å²) in [5.74, 6) is -2.22. The van der Waals surface area contributed by atoms with Gasteiger partial charge < -0.3 is 26.0 Å². The third kappa shape index (κ3) is 8.73. The number of nitrogens with one attached hydrogen (secondary N) is 3. The van der Waals surface area contributed by atoms with Crippen molar-refractivity contribution in [3.8, 4) is 0 Å². The maximum atomic E-state index is 13.3. The van der Waals surface area contributed by atoms with Crippen LogP contribution in [0.25, 0.3) is 0 Å². The van der Waals surface area contributed by atoms with E-state index in [4.69, 9.17) is 23.2 Å². The SMILES string of the molecule is CC(C)(Cc1cccc(Cl)c1)C(=O)N[C@@H](Cc1cccc(Cl)c1)C(=O)NCC(=O)NC(B(O)O)C1CCC1. The first-order valence-electron chi connectivity index (χ1n) is 12.7. The van der Waals surface area contributed by atoms with Gasteiger partial charge in [-0.3, -0.25) is 14.4 Å². The van der Waals surface area contributed by atoms with Crippen molar-refractivity contribution < 1.29 is 24.4 Å². The molecule has 5 N–H and O–H groups in total. The molecule has 0 aromatic heterocycles. The lowest BCUT2D eigenvalue weighted by Crippen LogP contribution is -2.56. The molecule has 38 heavy (non-hydrogen) atoms. The molecule has 1 unspecified atom stereocenters. The smallest absolute Gasteiger partial charge is 0.426 e. The van der Waals surface area contributed by atoms with Crippen LogP contribution in [0.5, 0.6) is 0 Å². The first-order valence-corrected chi connectivity index (χ1v) is 13.4. The molecule has 2 aromatic rings. The summed E-state index contributed by atoms with van der Waals surface area (Å²) < 4.78 is 0. The summed E-state index contributed by atoms with van der Waals surface area (Å²) in [5.41, 5.74) is 0.767. The quantitative estimate of drug-likeness (QED) is 0.255. The Hall–Kier alpha value is -2.59. The molecule has 2 atom stereocenters. The van der Waals surface area contributed by atoms with Gasteiger partial charge in [-0.1, -0.05) is 67.7 Å². The number of benzene rings is 2. The van der Waals surface area contributed by atoms with Crippen molar-refractivity contribution in [2.75, 3.05) is 6.54 Å². The second-order valence-corrected chi connectivity index (χ2v) is 11.3. The minimum absolute atomic E-state index is 0.00811. The van der Waals surface area contributed by atoms with Gasteiger partial charge in [0.05, 0.1) is 12.5 Å². The molecule has 0 aliphatic heterocycles. The molecule has 0 heterocycles. The van der Waals surface area contributed by atoms with E-state index in [9.17, 15) is 24.4 Å². The Kier molecular flexibility index (Phi) is 10.6. The third-order valence-electron chi connectivity index (χ3n) is 6.83. The lowest BCUT2D eigenvalue weighted by atomic mass is 9.64. The Morgan fingerprint density at radius 1 is 1.00 bits per heavy atom. The minimum atomic E-state index is -1.68. The van der Waals surface area contributed by atoms with Crippen LogP contribution in [-0.2, 0) is 27.2 Å². The van der Waals surface area contributed by atoms with E-state index < -0.39 is 36.3 Å². The highest BCUT2D eigenvalue weighted by Crippen LogP contribution is 2.30. The topological polar surface area (TPSA) is 128 Å². The summed E-state index contributed by atoms with van der Waals surface area (Å²) in [4.78, 5) is 39.0. The molecule has 0 radical (unpaired) electrons. The number of rotatable bonds is 12. The van der Waals surface area contributed by atoms with Gasteiger partial charge in [-0.05, 0) is 60.6 Å². The number of carbonyl (C=O) groups excluding carboxylic acids is 3. The summed E-state index contributed by atoms with van der Waals surface area (Å²) in [5, 5.41) is 28.3. The zero-order valence-corrected chi connectivity index (χ0v) is 23.1. The first kappa shape index (κ1) is 30.0. The highest BCUT2D eigenvalue weighted by Gasteiger charge is 2.37. The molecule has 1 aliphatic carbocycles. The van der Waals surface area contributed by atoms with Crippen LogP contribution in [0, 0.1) is 11.3 Å². The lowest BCUT2D eigenvalue weighted by Gasteiger charge is -2.33. The Balaban J connectivity index is 1.67. The van der Waals surface area contributed by atoms with E-state index in [1.54, 1.807) is 50.2 Å². The van der Waals surface area contributed by atoms with Gasteiger partial charge in [-0.25, -0.2) is 0 Å². The van der Waals surface area contributed by atoms with E-state index in [1.807, 2.05) is 12.1 Å². The molecule has 3 rings (SSSR count). The first-order chi connectivity index (χ1) is 17.9. The molecule has 0 spiro atoms. The van der Waals surface area contributed by atoms with Gasteiger partial charge in [-0.2, -0.15) is 0 Å². The van der Waals surface area contributed by atoms with Crippen LogP contribution in [0.1, 0.15) is 44.2 Å². The standard InChI is InChI=1S/C27H34BCl2N3O5/c1-27(2,15-18-7-4-11-21(30)13-18)26(36)32-22(14-17-6-3-10-20(29)12-17)25(35)31-16-23(34)33-24(28(37)38)19-8-5-9-19/h3-4,6-7,10-13,19,22,24,37-38H,5,8-9,14-16H2,1-2H3,(H,31,35)(H,32,36)(H,33,34)/t22-,24?/m0/s1. The van der Waals surface area contributed by atoms with Crippen LogP contribution in [0.4, 0.5) is 0 Å². The highest BCUT2D eigenvalue weighted by molar-refractivity contribution is 6.43. The number of halogens is 2. The van der Waals surface area contributed by atoms with E-state index in [0.29, 0.717) is 16.5 Å². The van der Waals surface area contributed by atoms with E-state index >= 15 is 0 Å². The Morgan fingerprint density at radius 3 is 2.16 bits per heavy atom. The van der Waals surface area contributed by atoms with Gasteiger partial charge in [-0.15, -0.1) is 0 Å². The third-order valence-corrected chi connectivity index (χ3v) is 7.30. The minimum Gasteiger partial charge on any atom is -0.426 e. The van der Waals surface area contributed by atoms with Crippen molar-refractivity contribution in [1.82, 2.24) is 16.0 Å². The van der Waals surface area contributed by atoms with E-state index in [0.717, 1.165) is 30.4 Å².